The second-order valence-corrected chi connectivity index (χ2v) is 4.62. The van der Waals surface area contributed by atoms with Gasteiger partial charge >= 0.3 is 0 Å². The maximum Gasteiger partial charge on any atom is 0.290 e. The molecule has 0 spiro atoms. The van der Waals surface area contributed by atoms with Gasteiger partial charge in [-0.25, -0.2) is 4.98 Å². The Morgan fingerprint density at radius 1 is 1.50 bits per heavy atom. The standard InChI is InChI=1S/C13H20N4O/c1-2-5-11-15-12(17-16-11)13(18)14-9-8-10-6-3-4-7-10/h6H,2-5,7-9H2,1H3,(H,14,18)(H,15,16,17). The first kappa shape index (κ1) is 12.8. The summed E-state index contributed by atoms with van der Waals surface area (Å²) in [6, 6.07) is 0. The predicted molar refractivity (Wildman–Crippen MR) is 69.3 cm³/mol. The van der Waals surface area contributed by atoms with Crippen molar-refractivity contribution >= 4 is 5.91 Å². The molecule has 1 aromatic rings. The SMILES string of the molecule is CCCc1nc(C(=O)NCCC2=CCCC2)n[nH]1. The van der Waals surface area contributed by atoms with E-state index in [2.05, 4.69) is 33.5 Å². The predicted octanol–water partition coefficient (Wildman–Crippen LogP) is 1.99. The van der Waals surface area contributed by atoms with Crippen LogP contribution in [-0.2, 0) is 6.42 Å². The molecule has 1 aliphatic carbocycles. The van der Waals surface area contributed by atoms with Crippen LogP contribution in [0.2, 0.25) is 0 Å². The monoisotopic (exact) mass is 248 g/mol. The van der Waals surface area contributed by atoms with Crippen molar-refractivity contribution in [3.05, 3.63) is 23.3 Å². The zero-order valence-electron chi connectivity index (χ0n) is 10.8. The highest BCUT2D eigenvalue weighted by Gasteiger charge is 2.12. The number of carbonyl (C=O) groups excluding carboxylic acids is 1. The molecule has 0 bridgehead atoms. The third-order valence-electron chi connectivity index (χ3n) is 3.09. The van der Waals surface area contributed by atoms with Crippen molar-refractivity contribution in [3.63, 3.8) is 0 Å². The van der Waals surface area contributed by atoms with Crippen molar-refractivity contribution in [1.29, 1.82) is 0 Å². The number of nitrogens with one attached hydrogen (secondary N) is 2. The molecule has 0 unspecified atom stereocenters. The molecular weight excluding hydrogens is 228 g/mol. The Morgan fingerprint density at radius 2 is 2.39 bits per heavy atom. The molecule has 0 aliphatic heterocycles. The largest absolute Gasteiger partial charge is 0.349 e. The molecule has 2 N–H and O–H groups in total. The van der Waals surface area contributed by atoms with Gasteiger partial charge in [-0.05, 0) is 32.1 Å². The van der Waals surface area contributed by atoms with E-state index in [4.69, 9.17) is 0 Å². The molecule has 0 radical (unpaired) electrons. The van der Waals surface area contributed by atoms with Gasteiger partial charge in [-0.15, -0.1) is 5.10 Å². The van der Waals surface area contributed by atoms with E-state index in [1.54, 1.807) is 0 Å². The van der Waals surface area contributed by atoms with Crippen LogP contribution in [0.25, 0.3) is 0 Å². The first-order valence-electron chi connectivity index (χ1n) is 6.67. The van der Waals surface area contributed by atoms with Gasteiger partial charge in [0.1, 0.15) is 5.82 Å². The maximum absolute atomic E-state index is 11.8. The summed E-state index contributed by atoms with van der Waals surface area (Å²) in [7, 11) is 0. The molecule has 2 rings (SSSR count). The average molecular weight is 248 g/mol. The summed E-state index contributed by atoms with van der Waals surface area (Å²) < 4.78 is 0. The molecule has 18 heavy (non-hydrogen) atoms. The first-order chi connectivity index (χ1) is 8.79. The summed E-state index contributed by atoms with van der Waals surface area (Å²) in [4.78, 5) is 15.9. The van der Waals surface area contributed by atoms with Gasteiger partial charge in [0.05, 0.1) is 0 Å². The van der Waals surface area contributed by atoms with Gasteiger partial charge in [0.15, 0.2) is 0 Å². The van der Waals surface area contributed by atoms with E-state index in [9.17, 15) is 4.79 Å². The van der Waals surface area contributed by atoms with Crippen molar-refractivity contribution in [2.45, 2.75) is 45.4 Å². The number of amides is 1. The number of carbonyl (C=O) groups is 1. The first-order valence-corrected chi connectivity index (χ1v) is 6.67. The Balaban J connectivity index is 1.76. The second kappa shape index (κ2) is 6.33. The smallest absolute Gasteiger partial charge is 0.290 e. The number of H-pyrrole nitrogens is 1. The van der Waals surface area contributed by atoms with Crippen molar-refractivity contribution in [1.82, 2.24) is 20.5 Å². The van der Waals surface area contributed by atoms with Gasteiger partial charge in [0.2, 0.25) is 5.82 Å². The van der Waals surface area contributed by atoms with Gasteiger partial charge in [-0.3, -0.25) is 9.89 Å². The molecule has 5 heteroatoms. The molecule has 1 amide bonds. The molecule has 0 saturated heterocycles. The number of hydrogen-bond acceptors (Lipinski definition) is 3. The quantitative estimate of drug-likeness (QED) is 0.756. The topological polar surface area (TPSA) is 70.7 Å². The molecule has 0 saturated carbocycles. The molecule has 0 aromatic carbocycles. The molecular formula is C13H20N4O. The highest BCUT2D eigenvalue weighted by Crippen LogP contribution is 2.19. The highest BCUT2D eigenvalue weighted by molar-refractivity contribution is 5.90. The number of allylic oxidation sites excluding steroid dienone is 1. The van der Waals surface area contributed by atoms with E-state index in [1.807, 2.05) is 0 Å². The van der Waals surface area contributed by atoms with Crippen LogP contribution < -0.4 is 5.32 Å². The molecule has 1 aromatic heterocycles. The number of aromatic nitrogens is 3. The lowest BCUT2D eigenvalue weighted by Gasteiger charge is -2.03. The second-order valence-electron chi connectivity index (χ2n) is 4.62. The zero-order chi connectivity index (χ0) is 12.8. The summed E-state index contributed by atoms with van der Waals surface area (Å²) in [6.07, 6.45) is 8.65. The van der Waals surface area contributed by atoms with Crippen molar-refractivity contribution in [2.75, 3.05) is 6.54 Å². The molecule has 0 atom stereocenters. The van der Waals surface area contributed by atoms with Gasteiger partial charge in [-0.2, -0.15) is 0 Å². The number of aryl methyl sites for hydroxylation is 1. The molecule has 1 heterocycles. The molecule has 5 nitrogen and oxygen atoms in total. The minimum atomic E-state index is -0.188. The summed E-state index contributed by atoms with van der Waals surface area (Å²) in [5.74, 6) is 0.840. The minimum absolute atomic E-state index is 0.188. The van der Waals surface area contributed by atoms with Crippen LogP contribution in [-0.4, -0.2) is 27.6 Å². The van der Waals surface area contributed by atoms with Crippen LogP contribution in [0, 0.1) is 0 Å². The van der Waals surface area contributed by atoms with E-state index in [1.165, 1.54) is 24.8 Å². The Bertz CT molecular complexity index is 436. The average Bonchev–Trinajstić information content (AvgIpc) is 3.00. The van der Waals surface area contributed by atoms with Crippen LogP contribution >= 0.6 is 0 Å². The van der Waals surface area contributed by atoms with Gasteiger partial charge in [-0.1, -0.05) is 18.6 Å². The normalized spacial score (nSPS) is 14.6. The summed E-state index contributed by atoms with van der Waals surface area (Å²) in [5, 5.41) is 9.56. The third-order valence-corrected chi connectivity index (χ3v) is 3.09. The van der Waals surface area contributed by atoms with Gasteiger partial charge < -0.3 is 5.32 Å². The van der Waals surface area contributed by atoms with Crippen LogP contribution in [0.5, 0.6) is 0 Å². The summed E-state index contributed by atoms with van der Waals surface area (Å²) in [6.45, 7) is 2.74. The molecule has 1 aliphatic rings. The number of aromatic amines is 1. The van der Waals surface area contributed by atoms with E-state index >= 15 is 0 Å². The van der Waals surface area contributed by atoms with E-state index in [-0.39, 0.29) is 11.7 Å². The van der Waals surface area contributed by atoms with Crippen LogP contribution in [0.4, 0.5) is 0 Å². The lowest BCUT2D eigenvalue weighted by Crippen LogP contribution is -2.25. The van der Waals surface area contributed by atoms with E-state index < -0.39 is 0 Å². The van der Waals surface area contributed by atoms with Gasteiger partial charge in [0, 0.05) is 13.0 Å². The Morgan fingerprint density at radius 3 is 3.11 bits per heavy atom. The third kappa shape index (κ3) is 3.42. The highest BCUT2D eigenvalue weighted by atomic mass is 16.2. The molecule has 0 fully saturated rings. The van der Waals surface area contributed by atoms with Crippen molar-refractivity contribution in [3.8, 4) is 0 Å². The number of rotatable bonds is 6. The Hall–Kier alpha value is -1.65. The minimum Gasteiger partial charge on any atom is -0.349 e. The fraction of sp³-hybridized carbons (Fsp3) is 0.615. The lowest BCUT2D eigenvalue weighted by atomic mass is 10.2. The Labute approximate surface area is 107 Å². The molecule has 98 valence electrons. The van der Waals surface area contributed by atoms with Crippen LogP contribution in [0.3, 0.4) is 0 Å². The number of hydrogen-bond donors (Lipinski definition) is 2. The van der Waals surface area contributed by atoms with E-state index in [0.717, 1.165) is 25.1 Å². The summed E-state index contributed by atoms with van der Waals surface area (Å²) in [5.41, 5.74) is 1.46. The fourth-order valence-electron chi connectivity index (χ4n) is 2.13. The number of nitrogens with zero attached hydrogens (tertiary/aromatic N) is 2. The Kier molecular flexibility index (Phi) is 4.50. The van der Waals surface area contributed by atoms with Crippen molar-refractivity contribution < 1.29 is 4.79 Å². The van der Waals surface area contributed by atoms with E-state index in [0.29, 0.717) is 6.54 Å². The lowest BCUT2D eigenvalue weighted by molar-refractivity contribution is 0.0944. The summed E-state index contributed by atoms with van der Waals surface area (Å²) >= 11 is 0. The fourth-order valence-corrected chi connectivity index (χ4v) is 2.13. The maximum atomic E-state index is 11.8. The zero-order valence-corrected chi connectivity index (χ0v) is 10.8. The van der Waals surface area contributed by atoms with Crippen LogP contribution in [0.1, 0.15) is 55.5 Å². The van der Waals surface area contributed by atoms with Crippen LogP contribution in [0.15, 0.2) is 11.6 Å². The van der Waals surface area contributed by atoms with Gasteiger partial charge in [0.25, 0.3) is 5.91 Å². The van der Waals surface area contributed by atoms with Crippen molar-refractivity contribution in [2.24, 2.45) is 0 Å².